The Hall–Kier alpha value is -1.59. The minimum absolute atomic E-state index is 0. The number of hydrogen-bond acceptors (Lipinski definition) is 3. The highest BCUT2D eigenvalue weighted by Crippen LogP contribution is 2.20. The lowest BCUT2D eigenvalue weighted by molar-refractivity contribution is -0.117. The Morgan fingerprint density at radius 2 is 1.86 bits per heavy atom. The van der Waals surface area contributed by atoms with E-state index in [2.05, 4.69) is 10.6 Å². The van der Waals surface area contributed by atoms with E-state index in [-0.39, 0.29) is 24.2 Å². The summed E-state index contributed by atoms with van der Waals surface area (Å²) in [5.74, 6) is 0.316. The fraction of sp³-hybridized carbons (Fsp3) is 0.500. The van der Waals surface area contributed by atoms with Crippen LogP contribution in [-0.2, 0) is 4.79 Å². The van der Waals surface area contributed by atoms with Crippen LogP contribution in [0, 0.1) is 5.92 Å². The number of anilines is 1. The molecule has 5 nitrogen and oxygen atoms in total. The summed E-state index contributed by atoms with van der Waals surface area (Å²) in [5, 5.41) is 6.18. The number of hydrogen-bond donors (Lipinski definition) is 2. The molecule has 0 aromatic heterocycles. The second-order valence-electron chi connectivity index (χ2n) is 5.69. The van der Waals surface area contributed by atoms with E-state index < -0.39 is 0 Å². The predicted molar refractivity (Wildman–Crippen MR) is 90.5 cm³/mol. The van der Waals surface area contributed by atoms with Crippen LogP contribution in [0.3, 0.4) is 0 Å². The van der Waals surface area contributed by atoms with Gasteiger partial charge in [-0.3, -0.25) is 9.59 Å². The number of nitrogens with zero attached hydrogens (tertiary/aromatic N) is 1. The van der Waals surface area contributed by atoms with E-state index in [9.17, 15) is 9.59 Å². The van der Waals surface area contributed by atoms with Crippen molar-refractivity contribution in [1.82, 2.24) is 10.2 Å². The number of piperidine rings is 1. The molecule has 2 rings (SSSR count). The van der Waals surface area contributed by atoms with E-state index in [0.29, 0.717) is 23.6 Å². The van der Waals surface area contributed by atoms with Gasteiger partial charge in [0, 0.05) is 20.5 Å². The number of benzene rings is 1. The number of halogens is 1. The van der Waals surface area contributed by atoms with Crippen LogP contribution in [0.15, 0.2) is 24.3 Å². The SMILES string of the molecule is CN(C)C(=O)c1ccccc1NC(=O)CC1CCNCC1.Cl. The van der Waals surface area contributed by atoms with Crippen LogP contribution in [0.4, 0.5) is 5.69 Å². The van der Waals surface area contributed by atoms with Crippen molar-refractivity contribution < 1.29 is 9.59 Å². The Kier molecular flexibility index (Phi) is 7.35. The summed E-state index contributed by atoms with van der Waals surface area (Å²) in [7, 11) is 3.41. The third-order valence-corrected chi connectivity index (χ3v) is 3.77. The molecule has 2 N–H and O–H groups in total. The quantitative estimate of drug-likeness (QED) is 0.891. The second-order valence-corrected chi connectivity index (χ2v) is 5.69. The van der Waals surface area contributed by atoms with Gasteiger partial charge in [-0.1, -0.05) is 12.1 Å². The first-order valence-electron chi connectivity index (χ1n) is 7.39. The average molecular weight is 326 g/mol. The van der Waals surface area contributed by atoms with E-state index >= 15 is 0 Å². The molecule has 122 valence electrons. The first-order chi connectivity index (χ1) is 10.1. The van der Waals surface area contributed by atoms with Gasteiger partial charge in [0.15, 0.2) is 0 Å². The summed E-state index contributed by atoms with van der Waals surface area (Å²) in [4.78, 5) is 25.8. The molecule has 0 atom stereocenters. The van der Waals surface area contributed by atoms with Gasteiger partial charge in [-0.25, -0.2) is 0 Å². The van der Waals surface area contributed by atoms with Crippen LogP contribution in [0.5, 0.6) is 0 Å². The van der Waals surface area contributed by atoms with Crippen LogP contribution < -0.4 is 10.6 Å². The monoisotopic (exact) mass is 325 g/mol. The summed E-state index contributed by atoms with van der Waals surface area (Å²) in [5.41, 5.74) is 1.12. The fourth-order valence-corrected chi connectivity index (χ4v) is 2.57. The summed E-state index contributed by atoms with van der Waals surface area (Å²) in [6, 6.07) is 7.14. The molecule has 0 radical (unpaired) electrons. The van der Waals surface area contributed by atoms with E-state index in [0.717, 1.165) is 25.9 Å². The molecule has 1 aliphatic rings. The van der Waals surface area contributed by atoms with Crippen LogP contribution in [0.25, 0.3) is 0 Å². The molecule has 1 aliphatic heterocycles. The van der Waals surface area contributed by atoms with Gasteiger partial charge in [0.25, 0.3) is 5.91 Å². The topological polar surface area (TPSA) is 61.4 Å². The molecule has 1 heterocycles. The highest BCUT2D eigenvalue weighted by atomic mass is 35.5. The number of rotatable bonds is 4. The normalized spacial score (nSPS) is 14.8. The minimum atomic E-state index is -0.104. The van der Waals surface area contributed by atoms with Gasteiger partial charge in [-0.15, -0.1) is 12.4 Å². The lowest BCUT2D eigenvalue weighted by Gasteiger charge is -2.22. The van der Waals surface area contributed by atoms with Crippen molar-refractivity contribution in [2.75, 3.05) is 32.5 Å². The zero-order valence-electron chi connectivity index (χ0n) is 13.1. The molecule has 0 aliphatic carbocycles. The fourth-order valence-electron chi connectivity index (χ4n) is 2.57. The molecule has 1 aromatic carbocycles. The summed E-state index contributed by atoms with van der Waals surface area (Å²) in [6.45, 7) is 1.96. The van der Waals surface area contributed by atoms with Gasteiger partial charge in [-0.05, 0) is 44.0 Å². The number of amides is 2. The van der Waals surface area contributed by atoms with Crippen molar-refractivity contribution >= 4 is 29.9 Å². The van der Waals surface area contributed by atoms with Gasteiger partial charge in [-0.2, -0.15) is 0 Å². The van der Waals surface area contributed by atoms with Crippen LogP contribution in [0.1, 0.15) is 29.6 Å². The van der Waals surface area contributed by atoms with Crippen molar-refractivity contribution in [1.29, 1.82) is 0 Å². The lowest BCUT2D eigenvalue weighted by Crippen LogP contribution is -2.30. The van der Waals surface area contributed by atoms with E-state index in [1.807, 2.05) is 6.07 Å². The molecule has 6 heteroatoms. The number of carbonyl (C=O) groups excluding carboxylic acids is 2. The minimum Gasteiger partial charge on any atom is -0.345 e. The standard InChI is InChI=1S/C16H23N3O2.ClH/c1-19(2)16(21)13-5-3-4-6-14(13)18-15(20)11-12-7-9-17-10-8-12;/h3-6,12,17H,7-11H2,1-2H3,(H,18,20);1H. The van der Waals surface area contributed by atoms with Crippen molar-refractivity contribution in [2.45, 2.75) is 19.3 Å². The highest BCUT2D eigenvalue weighted by Gasteiger charge is 2.19. The Balaban J connectivity index is 0.00000242. The molecule has 0 spiro atoms. The van der Waals surface area contributed by atoms with Gasteiger partial charge in [0.2, 0.25) is 5.91 Å². The van der Waals surface area contributed by atoms with Gasteiger partial charge < -0.3 is 15.5 Å². The number of nitrogens with one attached hydrogen (secondary N) is 2. The molecule has 0 bridgehead atoms. The molecule has 1 aromatic rings. The van der Waals surface area contributed by atoms with E-state index in [4.69, 9.17) is 0 Å². The second kappa shape index (κ2) is 8.76. The summed E-state index contributed by atoms with van der Waals surface area (Å²) < 4.78 is 0. The van der Waals surface area contributed by atoms with Gasteiger partial charge in [0.05, 0.1) is 11.3 Å². The lowest BCUT2D eigenvalue weighted by atomic mass is 9.94. The van der Waals surface area contributed by atoms with Crippen LogP contribution >= 0.6 is 12.4 Å². The maximum atomic E-state index is 12.2. The number of carbonyl (C=O) groups is 2. The third kappa shape index (κ3) is 5.00. The predicted octanol–water partition coefficient (Wildman–Crippen LogP) is 2.14. The molecule has 0 saturated carbocycles. The summed E-state index contributed by atoms with van der Waals surface area (Å²) in [6.07, 6.45) is 2.59. The van der Waals surface area contributed by atoms with Crippen LogP contribution in [0.2, 0.25) is 0 Å². The van der Waals surface area contributed by atoms with Crippen LogP contribution in [-0.4, -0.2) is 43.9 Å². The smallest absolute Gasteiger partial charge is 0.255 e. The molecule has 1 fully saturated rings. The average Bonchev–Trinajstić information content (AvgIpc) is 2.48. The molecule has 1 saturated heterocycles. The first-order valence-corrected chi connectivity index (χ1v) is 7.39. The Labute approximate surface area is 137 Å². The molecule has 0 unspecified atom stereocenters. The number of para-hydroxylation sites is 1. The van der Waals surface area contributed by atoms with Crippen molar-refractivity contribution in [2.24, 2.45) is 5.92 Å². The third-order valence-electron chi connectivity index (χ3n) is 3.77. The Bertz CT molecular complexity index is 514. The Morgan fingerprint density at radius 3 is 2.50 bits per heavy atom. The molecular formula is C16H24ClN3O2. The molecule has 22 heavy (non-hydrogen) atoms. The zero-order chi connectivity index (χ0) is 15.2. The van der Waals surface area contributed by atoms with E-state index in [1.54, 1.807) is 32.3 Å². The largest absolute Gasteiger partial charge is 0.345 e. The van der Waals surface area contributed by atoms with E-state index in [1.165, 1.54) is 4.90 Å². The molecule has 2 amide bonds. The van der Waals surface area contributed by atoms with Crippen molar-refractivity contribution in [3.8, 4) is 0 Å². The Morgan fingerprint density at radius 1 is 1.23 bits per heavy atom. The van der Waals surface area contributed by atoms with Gasteiger partial charge in [0.1, 0.15) is 0 Å². The van der Waals surface area contributed by atoms with Gasteiger partial charge >= 0.3 is 0 Å². The maximum absolute atomic E-state index is 12.2. The first kappa shape index (κ1) is 18.5. The van der Waals surface area contributed by atoms with Crippen molar-refractivity contribution in [3.63, 3.8) is 0 Å². The van der Waals surface area contributed by atoms with Crippen molar-refractivity contribution in [3.05, 3.63) is 29.8 Å². The zero-order valence-corrected chi connectivity index (χ0v) is 13.9. The summed E-state index contributed by atoms with van der Waals surface area (Å²) >= 11 is 0. The molecular weight excluding hydrogens is 302 g/mol. The highest BCUT2D eigenvalue weighted by molar-refractivity contribution is 6.03. The maximum Gasteiger partial charge on any atom is 0.255 e.